The third kappa shape index (κ3) is 3.29. The van der Waals surface area contributed by atoms with Crippen molar-refractivity contribution < 1.29 is 0 Å². The fourth-order valence-electron chi connectivity index (χ4n) is 2.97. The maximum absolute atomic E-state index is 2.58. The van der Waals surface area contributed by atoms with Gasteiger partial charge in [-0.2, -0.15) is 0 Å². The lowest BCUT2D eigenvalue weighted by molar-refractivity contribution is 0.221. The normalized spacial score (nSPS) is 16.2. The van der Waals surface area contributed by atoms with E-state index < -0.39 is 0 Å². The molecule has 0 aliphatic carbocycles. The smallest absolute Gasteiger partial charge is 0.0233 e. The van der Waals surface area contributed by atoms with Gasteiger partial charge in [0.15, 0.2) is 0 Å². The molecule has 0 atom stereocenters. The molecule has 1 nitrogen and oxygen atoms in total. The van der Waals surface area contributed by atoms with E-state index in [4.69, 9.17) is 0 Å². The fraction of sp³-hybridized carbons (Fsp3) is 0.368. The molecule has 1 aliphatic rings. The average molecular weight is 265 g/mol. The Kier molecular flexibility index (Phi) is 4.17. The number of hydrogen-bond acceptors (Lipinski definition) is 1. The Morgan fingerprint density at radius 2 is 1.60 bits per heavy atom. The van der Waals surface area contributed by atoms with Gasteiger partial charge in [-0.25, -0.2) is 0 Å². The highest BCUT2D eigenvalue weighted by molar-refractivity contribution is 5.64. The number of piperidine rings is 1. The van der Waals surface area contributed by atoms with Crippen molar-refractivity contribution in [2.75, 3.05) is 13.1 Å². The van der Waals surface area contributed by atoms with Crippen LogP contribution in [0.4, 0.5) is 0 Å². The number of rotatable bonds is 3. The number of aryl methyl sites for hydroxylation is 1. The van der Waals surface area contributed by atoms with Crippen molar-refractivity contribution in [2.45, 2.75) is 32.7 Å². The van der Waals surface area contributed by atoms with Crippen LogP contribution >= 0.6 is 0 Å². The maximum Gasteiger partial charge on any atom is 0.0233 e. The number of hydrogen-bond donors (Lipinski definition) is 0. The lowest BCUT2D eigenvalue weighted by atomic mass is 10.0. The van der Waals surface area contributed by atoms with Crippen molar-refractivity contribution >= 4 is 0 Å². The van der Waals surface area contributed by atoms with Crippen molar-refractivity contribution in [1.82, 2.24) is 4.90 Å². The summed E-state index contributed by atoms with van der Waals surface area (Å²) in [4.78, 5) is 2.58. The Labute approximate surface area is 122 Å². The van der Waals surface area contributed by atoms with Crippen LogP contribution in [0.5, 0.6) is 0 Å². The minimum Gasteiger partial charge on any atom is -0.299 e. The van der Waals surface area contributed by atoms with Gasteiger partial charge in [0.1, 0.15) is 0 Å². The van der Waals surface area contributed by atoms with Gasteiger partial charge in [-0.1, -0.05) is 54.4 Å². The molecule has 104 valence electrons. The molecule has 1 aliphatic heterocycles. The van der Waals surface area contributed by atoms with Gasteiger partial charge in [0.2, 0.25) is 0 Å². The number of likely N-dealkylation sites (tertiary alicyclic amines) is 1. The lowest BCUT2D eigenvalue weighted by Crippen LogP contribution is -2.29. The van der Waals surface area contributed by atoms with E-state index in [1.807, 2.05) is 0 Å². The van der Waals surface area contributed by atoms with Crippen LogP contribution in [-0.4, -0.2) is 18.0 Å². The summed E-state index contributed by atoms with van der Waals surface area (Å²) in [6.07, 6.45) is 4.12. The highest BCUT2D eigenvalue weighted by Crippen LogP contribution is 2.22. The monoisotopic (exact) mass is 265 g/mol. The molecule has 0 amide bonds. The molecule has 1 heterocycles. The molecule has 1 saturated heterocycles. The van der Waals surface area contributed by atoms with Gasteiger partial charge in [0.25, 0.3) is 0 Å². The van der Waals surface area contributed by atoms with E-state index >= 15 is 0 Å². The summed E-state index contributed by atoms with van der Waals surface area (Å²) in [5.41, 5.74) is 5.40. The minimum absolute atomic E-state index is 1.10. The first kappa shape index (κ1) is 13.4. The van der Waals surface area contributed by atoms with Gasteiger partial charge >= 0.3 is 0 Å². The zero-order valence-corrected chi connectivity index (χ0v) is 12.3. The number of benzene rings is 2. The van der Waals surface area contributed by atoms with Crippen LogP contribution in [0.2, 0.25) is 0 Å². The highest BCUT2D eigenvalue weighted by atomic mass is 15.1. The summed E-state index contributed by atoms with van der Waals surface area (Å²) in [5.74, 6) is 0. The molecular formula is C19H23N. The highest BCUT2D eigenvalue weighted by Gasteiger charge is 2.10. The van der Waals surface area contributed by atoms with E-state index in [1.54, 1.807) is 0 Å². The van der Waals surface area contributed by atoms with Gasteiger partial charge < -0.3 is 0 Å². The Balaban J connectivity index is 1.76. The van der Waals surface area contributed by atoms with Crippen LogP contribution in [-0.2, 0) is 6.54 Å². The number of nitrogens with zero attached hydrogens (tertiary/aromatic N) is 1. The summed E-state index contributed by atoms with van der Waals surface area (Å²) in [6, 6.07) is 17.8. The predicted molar refractivity (Wildman–Crippen MR) is 85.7 cm³/mol. The molecule has 0 aromatic heterocycles. The lowest BCUT2D eigenvalue weighted by Gasteiger charge is -2.26. The largest absolute Gasteiger partial charge is 0.299 e. The van der Waals surface area contributed by atoms with Crippen molar-refractivity contribution in [3.05, 3.63) is 59.7 Å². The van der Waals surface area contributed by atoms with E-state index in [0.29, 0.717) is 0 Å². The van der Waals surface area contributed by atoms with Gasteiger partial charge in [0, 0.05) is 6.54 Å². The van der Waals surface area contributed by atoms with Crippen molar-refractivity contribution in [3.63, 3.8) is 0 Å². The summed E-state index contributed by atoms with van der Waals surface area (Å²) >= 11 is 0. The molecule has 0 spiro atoms. The van der Waals surface area contributed by atoms with E-state index in [2.05, 4.69) is 60.4 Å². The second kappa shape index (κ2) is 6.23. The molecule has 1 fully saturated rings. The molecular weight excluding hydrogens is 242 g/mol. The topological polar surface area (TPSA) is 3.24 Å². The van der Waals surface area contributed by atoms with Gasteiger partial charge in [-0.05, 0) is 55.6 Å². The summed E-state index contributed by atoms with van der Waals surface area (Å²) in [5, 5.41) is 0. The first-order valence-corrected chi connectivity index (χ1v) is 7.69. The Hall–Kier alpha value is -1.60. The van der Waals surface area contributed by atoms with Gasteiger partial charge in [0.05, 0.1) is 0 Å². The molecule has 2 aromatic rings. The summed E-state index contributed by atoms with van der Waals surface area (Å²) in [6.45, 7) is 5.75. The molecule has 0 radical (unpaired) electrons. The van der Waals surface area contributed by atoms with Crippen LogP contribution in [0.1, 0.15) is 30.4 Å². The van der Waals surface area contributed by atoms with Crippen LogP contribution in [0.25, 0.3) is 11.1 Å². The Bertz CT molecular complexity index is 550. The molecule has 0 saturated carbocycles. The first-order chi connectivity index (χ1) is 9.81. The zero-order valence-electron chi connectivity index (χ0n) is 12.3. The van der Waals surface area contributed by atoms with Crippen molar-refractivity contribution in [3.8, 4) is 11.1 Å². The van der Waals surface area contributed by atoms with E-state index in [-0.39, 0.29) is 0 Å². The molecule has 0 N–H and O–H groups in total. The van der Waals surface area contributed by atoms with Gasteiger partial charge in [-0.3, -0.25) is 4.90 Å². The average Bonchev–Trinajstić information content (AvgIpc) is 2.49. The van der Waals surface area contributed by atoms with E-state index in [1.165, 1.54) is 54.6 Å². The van der Waals surface area contributed by atoms with E-state index in [0.717, 1.165) is 6.54 Å². The van der Waals surface area contributed by atoms with Gasteiger partial charge in [-0.15, -0.1) is 0 Å². The second-order valence-electron chi connectivity index (χ2n) is 5.90. The molecule has 0 unspecified atom stereocenters. The zero-order chi connectivity index (χ0) is 13.8. The Morgan fingerprint density at radius 3 is 2.35 bits per heavy atom. The van der Waals surface area contributed by atoms with Crippen LogP contribution < -0.4 is 0 Å². The summed E-state index contributed by atoms with van der Waals surface area (Å²) in [7, 11) is 0. The van der Waals surface area contributed by atoms with Crippen LogP contribution in [0.15, 0.2) is 48.5 Å². The molecule has 1 heteroatoms. The standard InChI is InChI=1S/C19H23N/c1-16-8-10-18(11-9-16)19-7-5-6-17(14-19)15-20-12-3-2-4-13-20/h5-11,14H,2-4,12-13,15H2,1H3. The van der Waals surface area contributed by atoms with E-state index in [9.17, 15) is 0 Å². The second-order valence-corrected chi connectivity index (χ2v) is 5.90. The quantitative estimate of drug-likeness (QED) is 0.781. The predicted octanol–water partition coefficient (Wildman–Crippen LogP) is 4.65. The van der Waals surface area contributed by atoms with Crippen molar-refractivity contribution in [1.29, 1.82) is 0 Å². The van der Waals surface area contributed by atoms with Crippen molar-refractivity contribution in [2.24, 2.45) is 0 Å². The SMILES string of the molecule is Cc1ccc(-c2cccc(CN3CCCCC3)c2)cc1. The molecule has 0 bridgehead atoms. The third-order valence-corrected chi connectivity index (χ3v) is 4.17. The van der Waals surface area contributed by atoms with Crippen LogP contribution in [0, 0.1) is 6.92 Å². The first-order valence-electron chi connectivity index (χ1n) is 7.69. The molecule has 3 rings (SSSR count). The maximum atomic E-state index is 2.58. The Morgan fingerprint density at radius 1 is 0.850 bits per heavy atom. The van der Waals surface area contributed by atoms with Crippen LogP contribution in [0.3, 0.4) is 0 Å². The minimum atomic E-state index is 1.10. The molecule has 20 heavy (non-hydrogen) atoms. The summed E-state index contributed by atoms with van der Waals surface area (Å²) < 4.78 is 0. The molecule has 2 aromatic carbocycles. The fourth-order valence-corrected chi connectivity index (χ4v) is 2.97. The third-order valence-electron chi connectivity index (χ3n) is 4.17.